The number of benzene rings is 1. The third-order valence-corrected chi connectivity index (χ3v) is 5.69. The molecule has 1 aliphatic rings. The number of aromatic nitrogens is 5. The first-order valence-corrected chi connectivity index (χ1v) is 10.6. The molecular formula is C23H23N7O3. The van der Waals surface area contributed by atoms with Crippen molar-refractivity contribution in [3.05, 3.63) is 54.5 Å². The maximum atomic E-state index is 12.1. The van der Waals surface area contributed by atoms with Crippen LogP contribution in [0.3, 0.4) is 0 Å². The van der Waals surface area contributed by atoms with E-state index < -0.39 is 0 Å². The number of likely N-dealkylation sites (tertiary alicyclic amines) is 1. The zero-order valence-corrected chi connectivity index (χ0v) is 18.5. The molecule has 0 bridgehead atoms. The monoisotopic (exact) mass is 445 g/mol. The Hall–Kier alpha value is -4.21. The molecule has 1 aliphatic heterocycles. The second-order valence-corrected chi connectivity index (χ2v) is 8.00. The lowest BCUT2D eigenvalue weighted by Gasteiger charge is -2.38. The van der Waals surface area contributed by atoms with Gasteiger partial charge in [0.2, 0.25) is 11.8 Å². The molecule has 3 aromatic heterocycles. The minimum Gasteiger partial charge on any atom is -0.469 e. The zero-order chi connectivity index (χ0) is 23.1. The van der Waals surface area contributed by atoms with Crippen LogP contribution in [-0.4, -0.2) is 67.3 Å². The summed E-state index contributed by atoms with van der Waals surface area (Å²) in [5.74, 6) is 0.297. The molecule has 10 heteroatoms. The van der Waals surface area contributed by atoms with E-state index in [9.17, 15) is 9.59 Å². The van der Waals surface area contributed by atoms with Crippen molar-refractivity contribution < 1.29 is 14.3 Å². The molecule has 0 spiro atoms. The molecule has 5 rings (SSSR count). The van der Waals surface area contributed by atoms with Crippen LogP contribution in [0.5, 0.6) is 5.88 Å². The van der Waals surface area contributed by atoms with E-state index in [1.54, 1.807) is 52.6 Å². The van der Waals surface area contributed by atoms with Crippen molar-refractivity contribution in [2.45, 2.75) is 13.0 Å². The van der Waals surface area contributed by atoms with E-state index in [1.807, 2.05) is 31.4 Å². The number of amides is 2. The highest BCUT2D eigenvalue weighted by atomic mass is 16.5. The van der Waals surface area contributed by atoms with Gasteiger partial charge in [0, 0.05) is 43.9 Å². The van der Waals surface area contributed by atoms with Gasteiger partial charge in [-0.2, -0.15) is 5.10 Å². The fraction of sp³-hybridized carbons (Fsp3) is 0.261. The lowest BCUT2D eigenvalue weighted by Crippen LogP contribution is -2.55. The van der Waals surface area contributed by atoms with E-state index in [0.717, 1.165) is 22.4 Å². The summed E-state index contributed by atoms with van der Waals surface area (Å²) >= 11 is 0. The molecule has 10 nitrogen and oxygen atoms in total. The topological polar surface area (TPSA) is 107 Å². The van der Waals surface area contributed by atoms with Crippen molar-refractivity contribution in [1.29, 1.82) is 0 Å². The number of nitrogens with one attached hydrogen (secondary N) is 1. The van der Waals surface area contributed by atoms with E-state index in [-0.39, 0.29) is 17.9 Å². The smallest absolute Gasteiger partial charge is 0.251 e. The number of nitrogens with zero attached hydrogens (tertiary/aromatic N) is 6. The third kappa shape index (κ3) is 3.79. The third-order valence-electron chi connectivity index (χ3n) is 5.69. The minimum absolute atomic E-state index is 0.0265. The SMILES string of the molecule is CNC(=O)c1cccc(-c2cnc3cc(-c4cnn(C)c4)c(OC4CN(C(C)=O)C4)nn23)c1. The van der Waals surface area contributed by atoms with Crippen molar-refractivity contribution in [2.75, 3.05) is 20.1 Å². The number of fused-ring (bicyclic) bond motifs is 1. The lowest BCUT2D eigenvalue weighted by molar-refractivity contribution is -0.137. The molecule has 1 saturated heterocycles. The van der Waals surface area contributed by atoms with Gasteiger partial charge in [-0.25, -0.2) is 9.50 Å². The number of hydrogen-bond acceptors (Lipinski definition) is 6. The second-order valence-electron chi connectivity index (χ2n) is 8.00. The van der Waals surface area contributed by atoms with Gasteiger partial charge in [0.05, 0.1) is 36.7 Å². The molecule has 33 heavy (non-hydrogen) atoms. The molecule has 1 aromatic carbocycles. The summed E-state index contributed by atoms with van der Waals surface area (Å²) in [4.78, 5) is 29.9. The van der Waals surface area contributed by atoms with Crippen molar-refractivity contribution in [3.8, 4) is 28.3 Å². The van der Waals surface area contributed by atoms with Crippen LogP contribution in [0.1, 0.15) is 17.3 Å². The van der Waals surface area contributed by atoms with E-state index in [2.05, 4.69) is 15.4 Å². The van der Waals surface area contributed by atoms with Gasteiger partial charge in [-0.05, 0) is 18.2 Å². The van der Waals surface area contributed by atoms with Crippen LogP contribution in [0.4, 0.5) is 0 Å². The van der Waals surface area contributed by atoms with Crippen molar-refractivity contribution in [1.82, 2.24) is 34.6 Å². The van der Waals surface area contributed by atoms with E-state index in [1.165, 1.54) is 0 Å². The number of ether oxygens (including phenoxy) is 1. The van der Waals surface area contributed by atoms with E-state index >= 15 is 0 Å². The van der Waals surface area contributed by atoms with Crippen LogP contribution >= 0.6 is 0 Å². The summed E-state index contributed by atoms with van der Waals surface area (Å²) in [7, 11) is 3.45. The maximum absolute atomic E-state index is 12.1. The number of rotatable bonds is 5. The van der Waals surface area contributed by atoms with Gasteiger partial charge in [-0.1, -0.05) is 12.1 Å². The highest BCUT2D eigenvalue weighted by molar-refractivity contribution is 5.95. The Bertz CT molecular complexity index is 1370. The number of imidazole rings is 1. The molecular weight excluding hydrogens is 422 g/mol. The molecule has 1 fully saturated rings. The Morgan fingerprint density at radius 1 is 1.15 bits per heavy atom. The molecule has 1 N–H and O–H groups in total. The standard InChI is InChI=1S/C23H23N7O3/c1-14(31)29-12-18(13-29)33-23-19(17-9-26-28(3)11-17)8-21-25-10-20(30(21)27-23)15-5-4-6-16(7-15)22(32)24-2/h4-11,18H,12-13H2,1-3H3,(H,24,32). The molecule has 0 saturated carbocycles. The highest BCUT2D eigenvalue weighted by Gasteiger charge is 2.31. The van der Waals surface area contributed by atoms with Gasteiger partial charge in [0.15, 0.2) is 5.65 Å². The van der Waals surface area contributed by atoms with Crippen LogP contribution in [-0.2, 0) is 11.8 Å². The van der Waals surface area contributed by atoms with Crippen LogP contribution < -0.4 is 10.1 Å². The average Bonchev–Trinajstić information content (AvgIpc) is 3.40. The van der Waals surface area contributed by atoms with Gasteiger partial charge in [0.1, 0.15) is 6.10 Å². The summed E-state index contributed by atoms with van der Waals surface area (Å²) in [6, 6.07) is 9.20. The lowest BCUT2D eigenvalue weighted by atomic mass is 10.1. The van der Waals surface area contributed by atoms with Gasteiger partial charge in [0.25, 0.3) is 5.91 Å². The maximum Gasteiger partial charge on any atom is 0.251 e. The molecule has 0 unspecified atom stereocenters. The fourth-order valence-corrected chi connectivity index (χ4v) is 3.84. The number of hydrogen-bond donors (Lipinski definition) is 1. The van der Waals surface area contributed by atoms with Crippen LogP contribution in [0.2, 0.25) is 0 Å². The van der Waals surface area contributed by atoms with Crippen molar-refractivity contribution in [2.24, 2.45) is 7.05 Å². The molecule has 0 radical (unpaired) electrons. The Kier molecular flexibility index (Phi) is 5.04. The molecule has 0 aliphatic carbocycles. The second kappa shape index (κ2) is 8.05. The van der Waals surface area contributed by atoms with Crippen molar-refractivity contribution in [3.63, 3.8) is 0 Å². The number of carbonyl (C=O) groups excluding carboxylic acids is 2. The summed E-state index contributed by atoms with van der Waals surface area (Å²) < 4.78 is 9.64. The Balaban J connectivity index is 1.57. The first-order valence-electron chi connectivity index (χ1n) is 10.6. The quantitative estimate of drug-likeness (QED) is 0.502. The number of aryl methyl sites for hydroxylation is 1. The van der Waals surface area contributed by atoms with E-state index in [0.29, 0.717) is 30.2 Å². The molecule has 168 valence electrons. The first kappa shape index (κ1) is 20.7. The minimum atomic E-state index is -0.165. The fourth-order valence-electron chi connectivity index (χ4n) is 3.84. The Morgan fingerprint density at radius 3 is 2.67 bits per heavy atom. The molecule has 4 aromatic rings. The Labute approximate surface area is 189 Å². The van der Waals surface area contributed by atoms with E-state index in [4.69, 9.17) is 9.84 Å². The van der Waals surface area contributed by atoms with Gasteiger partial charge < -0.3 is 15.0 Å². The van der Waals surface area contributed by atoms with Crippen LogP contribution in [0.15, 0.2) is 48.9 Å². The Morgan fingerprint density at radius 2 is 1.97 bits per heavy atom. The predicted octanol–water partition coefficient (Wildman–Crippen LogP) is 1.77. The number of carbonyl (C=O) groups is 2. The summed E-state index contributed by atoms with van der Waals surface area (Å²) in [5, 5.41) is 11.7. The van der Waals surface area contributed by atoms with Gasteiger partial charge in [-0.3, -0.25) is 14.3 Å². The molecule has 0 atom stereocenters. The summed E-state index contributed by atoms with van der Waals surface area (Å²) in [6.07, 6.45) is 5.22. The van der Waals surface area contributed by atoms with Crippen LogP contribution in [0.25, 0.3) is 28.0 Å². The average molecular weight is 445 g/mol. The molecule has 2 amide bonds. The van der Waals surface area contributed by atoms with Crippen molar-refractivity contribution >= 4 is 17.5 Å². The van der Waals surface area contributed by atoms with Gasteiger partial charge >= 0.3 is 0 Å². The highest BCUT2D eigenvalue weighted by Crippen LogP contribution is 2.32. The zero-order valence-electron chi connectivity index (χ0n) is 18.5. The van der Waals surface area contributed by atoms with Gasteiger partial charge in [-0.15, -0.1) is 5.10 Å². The molecule has 4 heterocycles. The summed E-state index contributed by atoms with van der Waals surface area (Å²) in [6.45, 7) is 2.59. The van der Waals surface area contributed by atoms with Crippen LogP contribution in [0, 0.1) is 0 Å². The summed E-state index contributed by atoms with van der Waals surface area (Å²) in [5.41, 5.74) is 4.36. The first-order chi connectivity index (χ1) is 15.9. The predicted molar refractivity (Wildman–Crippen MR) is 121 cm³/mol. The largest absolute Gasteiger partial charge is 0.469 e. The normalized spacial score (nSPS) is 13.7.